The van der Waals surface area contributed by atoms with Crippen LogP contribution in [-0.2, 0) is 27.2 Å². The third kappa shape index (κ3) is 9.90. The van der Waals surface area contributed by atoms with Crippen LogP contribution < -0.4 is 30.2 Å². The molecule has 0 fully saturated rings. The number of benzene rings is 4. The van der Waals surface area contributed by atoms with Gasteiger partial charge in [0.1, 0.15) is 15.9 Å². The van der Waals surface area contributed by atoms with Crippen LogP contribution in [0.2, 0.25) is 0 Å². The number of carbonyl (C=O) groups excluding carboxylic acids is 4. The molecule has 0 radical (unpaired) electrons. The van der Waals surface area contributed by atoms with Crippen molar-refractivity contribution in [2.45, 2.75) is 43.3 Å². The molecular weight excluding hydrogens is 775 g/mol. The largest absolute Gasteiger partial charge is 0.493 e. The lowest BCUT2D eigenvalue weighted by molar-refractivity contribution is -0.116. The number of ether oxygens (including phenoxy) is 4. The van der Waals surface area contributed by atoms with E-state index >= 15 is 0 Å². The fourth-order valence-corrected chi connectivity index (χ4v) is 9.10. The zero-order valence-corrected chi connectivity index (χ0v) is 34.5. The molecule has 11 nitrogen and oxygen atoms in total. The quantitative estimate of drug-likeness (QED) is 0.0536. The van der Waals surface area contributed by atoms with Gasteiger partial charge in [0.2, 0.25) is 11.7 Å². The molecule has 2 atom stereocenters. The van der Waals surface area contributed by atoms with Crippen molar-refractivity contribution in [1.29, 1.82) is 0 Å². The van der Waals surface area contributed by atoms with E-state index in [1.807, 2.05) is 36.4 Å². The minimum Gasteiger partial charge on any atom is -0.493 e. The Hall–Kier alpha value is -6.05. The highest BCUT2D eigenvalue weighted by Gasteiger charge is 2.31. The van der Waals surface area contributed by atoms with Gasteiger partial charge in [-0.05, 0) is 97.3 Å². The van der Waals surface area contributed by atoms with Crippen LogP contribution in [0.15, 0.2) is 108 Å². The molecule has 0 bridgehead atoms. The van der Waals surface area contributed by atoms with Crippen LogP contribution >= 0.6 is 23.1 Å². The van der Waals surface area contributed by atoms with Crippen LogP contribution in [0.1, 0.15) is 67.8 Å². The van der Waals surface area contributed by atoms with Crippen LogP contribution in [0, 0.1) is 5.92 Å². The molecule has 0 saturated heterocycles. The van der Waals surface area contributed by atoms with E-state index in [2.05, 4.69) is 22.9 Å². The summed E-state index contributed by atoms with van der Waals surface area (Å²) in [5.41, 5.74) is 3.40. The Kier molecular flexibility index (Phi) is 13.9. The highest BCUT2D eigenvalue weighted by molar-refractivity contribution is 8.00. The highest BCUT2D eigenvalue weighted by Crippen LogP contribution is 2.43. The van der Waals surface area contributed by atoms with Crippen molar-refractivity contribution in [3.05, 3.63) is 135 Å². The predicted molar refractivity (Wildman–Crippen MR) is 228 cm³/mol. The Labute approximate surface area is 346 Å². The topological polar surface area (TPSA) is 141 Å². The second-order valence-electron chi connectivity index (χ2n) is 13.5. The summed E-state index contributed by atoms with van der Waals surface area (Å²) in [4.78, 5) is 56.7. The first-order valence-electron chi connectivity index (χ1n) is 18.8. The molecule has 0 saturated carbocycles. The third-order valence-corrected chi connectivity index (χ3v) is 11.9. The van der Waals surface area contributed by atoms with Crippen LogP contribution in [0.4, 0.5) is 10.7 Å². The van der Waals surface area contributed by atoms with Crippen molar-refractivity contribution in [3.63, 3.8) is 0 Å². The first kappa shape index (κ1) is 41.6. The lowest BCUT2D eigenvalue weighted by atomic mass is 9.88. The number of carbonyl (C=O) groups is 4. The first-order valence-corrected chi connectivity index (χ1v) is 20.5. The number of rotatable bonds is 15. The molecule has 58 heavy (non-hydrogen) atoms. The second kappa shape index (κ2) is 19.4. The van der Waals surface area contributed by atoms with E-state index in [9.17, 15) is 19.2 Å². The maximum absolute atomic E-state index is 14.3. The number of amides is 3. The van der Waals surface area contributed by atoms with E-state index < -0.39 is 23.0 Å². The van der Waals surface area contributed by atoms with E-state index in [0.717, 1.165) is 35.3 Å². The Balaban J connectivity index is 1.28. The van der Waals surface area contributed by atoms with Crippen molar-refractivity contribution in [1.82, 2.24) is 5.32 Å². The third-order valence-electron chi connectivity index (χ3n) is 9.44. The van der Waals surface area contributed by atoms with Gasteiger partial charge in [0, 0.05) is 21.0 Å². The van der Waals surface area contributed by atoms with Crippen molar-refractivity contribution < 1.29 is 38.1 Å². The van der Waals surface area contributed by atoms with Crippen LogP contribution in [-0.4, -0.2) is 51.6 Å². The average Bonchev–Trinajstić information content (AvgIpc) is 3.59. The summed E-state index contributed by atoms with van der Waals surface area (Å²) in [6.45, 7) is 4.19. The summed E-state index contributed by atoms with van der Waals surface area (Å²) in [5.74, 6) is -0.225. The van der Waals surface area contributed by atoms with Gasteiger partial charge in [0.05, 0.1) is 33.5 Å². The molecule has 13 heteroatoms. The number of methoxy groups -OCH3 is 3. The van der Waals surface area contributed by atoms with E-state index in [1.54, 1.807) is 67.6 Å². The molecule has 5 aromatic rings. The molecule has 3 N–H and O–H groups in total. The van der Waals surface area contributed by atoms with Gasteiger partial charge in [-0.3, -0.25) is 14.4 Å². The minimum atomic E-state index is -0.721. The molecule has 1 aliphatic rings. The monoisotopic (exact) mass is 819 g/mol. The van der Waals surface area contributed by atoms with Crippen molar-refractivity contribution >= 4 is 63.6 Å². The first-order chi connectivity index (χ1) is 28.1. The average molecular weight is 820 g/mol. The summed E-state index contributed by atoms with van der Waals surface area (Å²) in [7, 11) is 4.47. The van der Waals surface area contributed by atoms with Gasteiger partial charge < -0.3 is 34.9 Å². The van der Waals surface area contributed by atoms with Crippen molar-refractivity contribution in [3.8, 4) is 17.2 Å². The van der Waals surface area contributed by atoms with Gasteiger partial charge in [-0.15, -0.1) is 23.1 Å². The number of hydrogen-bond donors (Lipinski definition) is 3. The molecule has 6 rings (SSSR count). The number of fused-ring (bicyclic) bond motifs is 1. The fraction of sp³-hybridized carbons (Fsp3) is 0.244. The van der Waals surface area contributed by atoms with Gasteiger partial charge >= 0.3 is 5.97 Å². The minimum absolute atomic E-state index is 0.0480. The molecule has 0 spiro atoms. The van der Waals surface area contributed by atoms with E-state index in [4.69, 9.17) is 18.9 Å². The number of anilines is 2. The number of nitrogens with one attached hydrogen (secondary N) is 3. The molecule has 1 aromatic heterocycles. The van der Waals surface area contributed by atoms with Gasteiger partial charge in [-0.2, -0.15) is 0 Å². The van der Waals surface area contributed by atoms with Crippen LogP contribution in [0.3, 0.4) is 0 Å². The Bertz CT molecular complexity index is 2280. The summed E-state index contributed by atoms with van der Waals surface area (Å²) >= 11 is 2.74. The number of thiophene rings is 1. The van der Waals surface area contributed by atoms with E-state index in [0.29, 0.717) is 55.4 Å². The predicted octanol–water partition coefficient (Wildman–Crippen LogP) is 8.96. The summed E-state index contributed by atoms with van der Waals surface area (Å²) in [6.07, 6.45) is 4.07. The highest BCUT2D eigenvalue weighted by atomic mass is 32.2. The number of hydrogen-bond acceptors (Lipinski definition) is 10. The SMILES string of the molecule is CCOC(=O)c1c(NC(=O)C(Sc2cccc(NC(=O)/C(=C\c3cc(OC)c(OC)c(OC)c3)NC(=O)c3ccccc3)c2)c2ccccc2)sc2c1CCC(C)C2. The Morgan fingerprint density at radius 3 is 2.21 bits per heavy atom. The Morgan fingerprint density at radius 2 is 1.55 bits per heavy atom. The van der Waals surface area contributed by atoms with Crippen LogP contribution in [0.25, 0.3) is 6.08 Å². The van der Waals surface area contributed by atoms with Gasteiger partial charge in [-0.1, -0.05) is 61.5 Å². The molecule has 0 aliphatic heterocycles. The summed E-state index contributed by atoms with van der Waals surface area (Å²) in [6, 6.07) is 28.4. The maximum atomic E-state index is 14.3. The number of esters is 1. The molecular formula is C45H45N3O8S2. The van der Waals surface area contributed by atoms with Crippen LogP contribution in [0.5, 0.6) is 17.2 Å². The van der Waals surface area contributed by atoms with Gasteiger partial charge in [-0.25, -0.2) is 4.79 Å². The van der Waals surface area contributed by atoms with E-state index in [1.165, 1.54) is 50.5 Å². The zero-order valence-electron chi connectivity index (χ0n) is 32.9. The Morgan fingerprint density at radius 1 is 0.862 bits per heavy atom. The fourth-order valence-electron chi connectivity index (χ4n) is 6.61. The maximum Gasteiger partial charge on any atom is 0.341 e. The summed E-state index contributed by atoms with van der Waals surface area (Å²) < 4.78 is 21.9. The summed E-state index contributed by atoms with van der Waals surface area (Å²) in [5, 5.41) is 8.54. The molecule has 300 valence electrons. The number of thioether (sulfide) groups is 1. The van der Waals surface area contributed by atoms with Crippen molar-refractivity contribution in [2.24, 2.45) is 5.92 Å². The standard InChI is InChI=1S/C45H45N3O8S2/c1-6-56-45(52)38-33-21-20-27(2)22-37(33)58-44(38)48-43(51)40(29-14-9-7-10-15-29)57-32-19-13-18-31(26-32)46-42(50)34(47-41(49)30-16-11-8-12-17-30)23-28-24-35(53-3)39(55-5)36(25-28)54-4/h7-19,23-27,40H,6,20-22H2,1-5H3,(H,46,50)(H,47,49)(H,48,51)/b34-23+. The van der Waals surface area contributed by atoms with E-state index in [-0.39, 0.29) is 18.2 Å². The smallest absolute Gasteiger partial charge is 0.341 e. The molecule has 1 aliphatic carbocycles. The lowest BCUT2D eigenvalue weighted by Crippen LogP contribution is -2.30. The lowest BCUT2D eigenvalue weighted by Gasteiger charge is -2.19. The zero-order chi connectivity index (χ0) is 41.2. The second-order valence-corrected chi connectivity index (χ2v) is 15.8. The molecule has 2 unspecified atom stereocenters. The molecule has 4 aromatic carbocycles. The van der Waals surface area contributed by atoms with Gasteiger partial charge in [0.25, 0.3) is 11.8 Å². The van der Waals surface area contributed by atoms with Gasteiger partial charge in [0.15, 0.2) is 11.5 Å². The normalized spacial score (nSPS) is 14.0. The molecule has 1 heterocycles. The molecule has 3 amide bonds. The van der Waals surface area contributed by atoms with Crippen molar-refractivity contribution in [2.75, 3.05) is 38.6 Å².